The van der Waals surface area contributed by atoms with E-state index in [9.17, 15) is 14.4 Å². The van der Waals surface area contributed by atoms with Gasteiger partial charge in [-0.25, -0.2) is 9.69 Å². The van der Waals surface area contributed by atoms with Gasteiger partial charge in [-0.05, 0) is 50.1 Å². The Labute approximate surface area is 197 Å². The Morgan fingerprint density at radius 1 is 1.21 bits per heavy atom. The molecule has 2 aromatic rings. The van der Waals surface area contributed by atoms with Gasteiger partial charge in [0, 0.05) is 16.5 Å². The van der Waals surface area contributed by atoms with Crippen LogP contribution in [0.25, 0.3) is 0 Å². The minimum Gasteiger partial charge on any atom is -0.493 e. The maximum absolute atomic E-state index is 13.9. The van der Waals surface area contributed by atoms with Crippen molar-refractivity contribution in [2.75, 3.05) is 18.1 Å². The molecule has 2 aromatic carbocycles. The fourth-order valence-electron chi connectivity index (χ4n) is 5.59. The number of nitrogens with zero attached hydrogens (tertiary/aromatic N) is 2. The molecule has 7 nitrogen and oxygen atoms in total. The number of ether oxygens (including phenoxy) is 2. The van der Waals surface area contributed by atoms with Gasteiger partial charge < -0.3 is 14.4 Å². The first-order valence-corrected chi connectivity index (χ1v) is 11.6. The number of carbonyl (C=O) groups is 3. The van der Waals surface area contributed by atoms with E-state index in [0.717, 1.165) is 22.4 Å². The summed E-state index contributed by atoms with van der Waals surface area (Å²) in [5.41, 5.74) is 0.880. The summed E-state index contributed by atoms with van der Waals surface area (Å²) in [4.78, 5) is 43.6. The average Bonchev–Trinajstić information content (AvgIpc) is 3.18. The van der Waals surface area contributed by atoms with Crippen LogP contribution in [-0.4, -0.2) is 41.6 Å². The third-order valence-electron chi connectivity index (χ3n) is 7.09. The standard InChI is InChI=1S/C25H25ClN2O5/c1-4-14-9-10-17-19(11-14)33-13-18-20(22(29)32-5-2)25(3)23(30)27(24(31)28(25)21(17)18)16-8-6-7-15(26)12-16/h6-12,18,20-21H,4-5,13H2,1-3H3/t18-,20+,21+,25+/m1/s1. The highest BCUT2D eigenvalue weighted by atomic mass is 35.5. The van der Waals surface area contributed by atoms with Crippen LogP contribution in [0.4, 0.5) is 10.5 Å². The molecular formula is C25H25ClN2O5. The first-order valence-electron chi connectivity index (χ1n) is 11.2. The Morgan fingerprint density at radius 2 is 2.00 bits per heavy atom. The molecule has 0 spiro atoms. The first kappa shape index (κ1) is 21.8. The molecule has 0 saturated carbocycles. The second-order valence-corrected chi connectivity index (χ2v) is 9.23. The Morgan fingerprint density at radius 3 is 2.70 bits per heavy atom. The van der Waals surface area contributed by atoms with Gasteiger partial charge in [0.25, 0.3) is 5.91 Å². The number of urea groups is 1. The fraction of sp³-hybridized carbons (Fsp3) is 0.400. The number of halogens is 1. The van der Waals surface area contributed by atoms with Crippen molar-refractivity contribution < 1.29 is 23.9 Å². The fourth-order valence-corrected chi connectivity index (χ4v) is 5.78. The zero-order valence-corrected chi connectivity index (χ0v) is 19.5. The molecule has 33 heavy (non-hydrogen) atoms. The van der Waals surface area contributed by atoms with E-state index >= 15 is 0 Å². The van der Waals surface area contributed by atoms with E-state index in [-0.39, 0.29) is 13.2 Å². The summed E-state index contributed by atoms with van der Waals surface area (Å²) in [6, 6.07) is 11.6. The molecule has 3 heterocycles. The van der Waals surface area contributed by atoms with Crippen LogP contribution in [0.2, 0.25) is 5.02 Å². The third-order valence-corrected chi connectivity index (χ3v) is 7.33. The lowest BCUT2D eigenvalue weighted by Gasteiger charge is -2.34. The van der Waals surface area contributed by atoms with Gasteiger partial charge in [-0.3, -0.25) is 9.59 Å². The number of hydrogen-bond acceptors (Lipinski definition) is 5. The summed E-state index contributed by atoms with van der Waals surface area (Å²) in [5, 5.41) is 0.411. The number of esters is 1. The van der Waals surface area contributed by atoms with E-state index < -0.39 is 41.3 Å². The molecule has 3 aliphatic heterocycles. The molecule has 0 bridgehead atoms. The van der Waals surface area contributed by atoms with Crippen LogP contribution in [0.3, 0.4) is 0 Å². The van der Waals surface area contributed by atoms with Crippen LogP contribution in [-0.2, 0) is 20.7 Å². The Hall–Kier alpha value is -3.06. The lowest BCUT2D eigenvalue weighted by atomic mass is 9.77. The molecule has 3 amide bonds. The monoisotopic (exact) mass is 468 g/mol. The number of imide groups is 1. The van der Waals surface area contributed by atoms with Gasteiger partial charge in [-0.15, -0.1) is 0 Å². The van der Waals surface area contributed by atoms with Gasteiger partial charge in [-0.1, -0.05) is 36.7 Å². The van der Waals surface area contributed by atoms with Gasteiger partial charge in [-0.2, -0.15) is 0 Å². The van der Waals surface area contributed by atoms with Gasteiger partial charge in [0.1, 0.15) is 11.3 Å². The predicted molar refractivity (Wildman–Crippen MR) is 122 cm³/mol. The zero-order chi connectivity index (χ0) is 23.5. The normalized spacial score (nSPS) is 27.7. The quantitative estimate of drug-likeness (QED) is 0.492. The van der Waals surface area contributed by atoms with E-state index in [1.54, 1.807) is 43.0 Å². The largest absolute Gasteiger partial charge is 0.493 e. The average molecular weight is 469 g/mol. The van der Waals surface area contributed by atoms with E-state index in [0.29, 0.717) is 16.5 Å². The van der Waals surface area contributed by atoms with Crippen molar-refractivity contribution in [1.29, 1.82) is 0 Å². The van der Waals surface area contributed by atoms with Crippen LogP contribution in [0.15, 0.2) is 42.5 Å². The molecule has 0 radical (unpaired) electrons. The Kier molecular flexibility index (Phi) is 5.12. The lowest BCUT2D eigenvalue weighted by Crippen LogP contribution is -2.51. The number of benzene rings is 2. The number of amides is 3. The minimum absolute atomic E-state index is 0.181. The van der Waals surface area contributed by atoms with Gasteiger partial charge in [0.05, 0.1) is 30.9 Å². The van der Waals surface area contributed by atoms with Crippen molar-refractivity contribution in [3.8, 4) is 5.75 Å². The molecular weight excluding hydrogens is 444 g/mol. The highest BCUT2D eigenvalue weighted by Crippen LogP contribution is 2.58. The third kappa shape index (κ3) is 2.98. The Balaban J connectivity index is 1.68. The molecule has 8 heteroatoms. The zero-order valence-electron chi connectivity index (χ0n) is 18.7. The lowest BCUT2D eigenvalue weighted by molar-refractivity contribution is -0.154. The first-order chi connectivity index (χ1) is 15.8. The predicted octanol–water partition coefficient (Wildman–Crippen LogP) is 4.37. The number of aryl methyl sites for hydroxylation is 1. The molecule has 0 aromatic heterocycles. The van der Waals surface area contributed by atoms with Crippen molar-refractivity contribution in [3.63, 3.8) is 0 Å². The maximum atomic E-state index is 13.9. The molecule has 3 aliphatic rings. The van der Waals surface area contributed by atoms with Crippen LogP contribution >= 0.6 is 11.6 Å². The summed E-state index contributed by atoms with van der Waals surface area (Å²) in [7, 11) is 0. The van der Waals surface area contributed by atoms with Crippen molar-refractivity contribution in [2.45, 2.75) is 38.8 Å². The van der Waals surface area contributed by atoms with Crippen molar-refractivity contribution >= 4 is 35.2 Å². The van der Waals surface area contributed by atoms with Crippen molar-refractivity contribution in [1.82, 2.24) is 4.90 Å². The van der Waals surface area contributed by atoms with Crippen molar-refractivity contribution in [3.05, 3.63) is 58.6 Å². The van der Waals surface area contributed by atoms with Gasteiger partial charge in [0.2, 0.25) is 0 Å². The molecule has 4 atom stereocenters. The molecule has 2 fully saturated rings. The minimum atomic E-state index is -1.41. The number of rotatable bonds is 4. The molecule has 0 aliphatic carbocycles. The SMILES string of the molecule is CCOC(=O)[C@@H]1[C@H]2COc3cc(CC)ccc3[C@@H]2N2C(=O)N(c3cccc(Cl)c3)C(=O)[C@]12C. The van der Waals surface area contributed by atoms with Crippen molar-refractivity contribution in [2.24, 2.45) is 11.8 Å². The molecule has 5 rings (SSSR count). The second-order valence-electron chi connectivity index (χ2n) is 8.80. The summed E-state index contributed by atoms with van der Waals surface area (Å²) in [6.45, 7) is 5.85. The molecule has 172 valence electrons. The number of carbonyl (C=O) groups excluding carboxylic acids is 3. The highest BCUT2D eigenvalue weighted by Gasteiger charge is 2.72. The summed E-state index contributed by atoms with van der Waals surface area (Å²) in [6.07, 6.45) is 0.845. The van der Waals surface area contributed by atoms with Crippen LogP contribution in [0.5, 0.6) is 5.75 Å². The molecule has 0 N–H and O–H groups in total. The van der Waals surface area contributed by atoms with Crippen LogP contribution in [0.1, 0.15) is 37.9 Å². The van der Waals surface area contributed by atoms with E-state index in [1.165, 1.54) is 0 Å². The molecule has 0 unspecified atom stereocenters. The number of hydrogen-bond donors (Lipinski definition) is 0. The summed E-state index contributed by atoms with van der Waals surface area (Å²) < 4.78 is 11.5. The Bertz CT molecular complexity index is 1170. The van der Waals surface area contributed by atoms with E-state index in [1.807, 2.05) is 18.2 Å². The topological polar surface area (TPSA) is 76.2 Å². The smallest absolute Gasteiger partial charge is 0.332 e. The van der Waals surface area contributed by atoms with E-state index in [2.05, 4.69) is 6.92 Å². The van der Waals surface area contributed by atoms with Crippen LogP contribution in [0, 0.1) is 11.8 Å². The number of anilines is 1. The summed E-state index contributed by atoms with van der Waals surface area (Å²) >= 11 is 6.15. The second kappa shape index (κ2) is 7.76. The highest BCUT2D eigenvalue weighted by molar-refractivity contribution is 6.31. The van der Waals surface area contributed by atoms with Gasteiger partial charge in [0.15, 0.2) is 0 Å². The number of fused-ring (bicyclic) bond motifs is 5. The summed E-state index contributed by atoms with van der Waals surface area (Å²) in [5.74, 6) is -1.53. The van der Waals surface area contributed by atoms with Gasteiger partial charge >= 0.3 is 12.0 Å². The molecule has 2 saturated heterocycles. The van der Waals surface area contributed by atoms with E-state index in [4.69, 9.17) is 21.1 Å². The maximum Gasteiger partial charge on any atom is 0.332 e. The van der Waals surface area contributed by atoms with Crippen LogP contribution < -0.4 is 9.64 Å².